The molecule has 1 aliphatic rings. The van der Waals surface area contributed by atoms with Gasteiger partial charge in [-0.25, -0.2) is 0 Å². The Hall–Kier alpha value is -1.47. The molecule has 20 heavy (non-hydrogen) atoms. The van der Waals surface area contributed by atoms with Crippen LogP contribution in [0.3, 0.4) is 0 Å². The standard InChI is InChI=1S/C13H17FN2O3S/c14-20(18,19)11-5-3-10(4-6-11)7-9-16-13(17)12-2-1-8-15-12/h3-6,12,15H,1-2,7-9H2,(H,16,17)/p+1. The maximum absolute atomic E-state index is 12.7. The van der Waals surface area contributed by atoms with Crippen molar-refractivity contribution in [3.63, 3.8) is 0 Å². The molecule has 1 aliphatic heterocycles. The smallest absolute Gasteiger partial charge is 0.332 e. The number of rotatable bonds is 5. The largest absolute Gasteiger partial charge is 0.351 e. The molecule has 3 N–H and O–H groups in total. The van der Waals surface area contributed by atoms with Gasteiger partial charge in [-0.05, 0) is 24.1 Å². The quantitative estimate of drug-likeness (QED) is 0.735. The van der Waals surface area contributed by atoms with Crippen molar-refractivity contribution >= 4 is 16.1 Å². The number of amides is 1. The molecule has 1 aromatic carbocycles. The summed E-state index contributed by atoms with van der Waals surface area (Å²) >= 11 is 0. The monoisotopic (exact) mass is 301 g/mol. The fourth-order valence-corrected chi connectivity index (χ4v) is 2.75. The minimum atomic E-state index is -4.64. The first kappa shape index (κ1) is 14.9. The van der Waals surface area contributed by atoms with Gasteiger partial charge in [-0.2, -0.15) is 8.42 Å². The summed E-state index contributed by atoms with van der Waals surface area (Å²) in [7, 11) is -4.64. The Balaban J connectivity index is 1.81. The predicted molar refractivity (Wildman–Crippen MR) is 71.3 cm³/mol. The number of carbonyl (C=O) groups excluding carboxylic acids is 1. The Morgan fingerprint density at radius 2 is 2.05 bits per heavy atom. The lowest BCUT2D eigenvalue weighted by Crippen LogP contribution is -2.89. The van der Waals surface area contributed by atoms with Crippen molar-refractivity contribution in [1.82, 2.24) is 5.32 Å². The number of benzene rings is 1. The Morgan fingerprint density at radius 3 is 2.60 bits per heavy atom. The van der Waals surface area contributed by atoms with Crippen LogP contribution >= 0.6 is 0 Å². The minimum Gasteiger partial charge on any atom is -0.351 e. The van der Waals surface area contributed by atoms with Gasteiger partial charge in [0.15, 0.2) is 6.04 Å². The number of carbonyl (C=O) groups is 1. The van der Waals surface area contributed by atoms with Gasteiger partial charge in [0, 0.05) is 19.4 Å². The van der Waals surface area contributed by atoms with Gasteiger partial charge in [0.2, 0.25) is 0 Å². The lowest BCUT2D eigenvalue weighted by atomic mass is 10.1. The highest BCUT2D eigenvalue weighted by molar-refractivity contribution is 7.86. The third kappa shape index (κ3) is 4.01. The van der Waals surface area contributed by atoms with Crippen LogP contribution in [0.2, 0.25) is 0 Å². The van der Waals surface area contributed by atoms with Crippen LogP contribution < -0.4 is 10.6 Å². The highest BCUT2D eigenvalue weighted by Gasteiger charge is 2.25. The van der Waals surface area contributed by atoms with Crippen molar-refractivity contribution in [3.05, 3.63) is 29.8 Å². The first-order chi connectivity index (χ1) is 9.47. The molecule has 0 aromatic heterocycles. The molecule has 1 fully saturated rings. The van der Waals surface area contributed by atoms with Crippen LogP contribution in [0.5, 0.6) is 0 Å². The summed E-state index contributed by atoms with van der Waals surface area (Å²) in [6, 6.07) is 5.60. The lowest BCUT2D eigenvalue weighted by molar-refractivity contribution is -0.657. The number of hydrogen-bond acceptors (Lipinski definition) is 3. The molecule has 0 radical (unpaired) electrons. The summed E-state index contributed by atoms with van der Waals surface area (Å²) in [5.41, 5.74) is 0.855. The van der Waals surface area contributed by atoms with E-state index in [0.717, 1.165) is 24.9 Å². The molecule has 110 valence electrons. The molecule has 0 saturated carbocycles. The van der Waals surface area contributed by atoms with Crippen LogP contribution in [-0.4, -0.2) is 33.5 Å². The molecule has 1 amide bonds. The second-order valence-electron chi connectivity index (χ2n) is 4.90. The first-order valence-corrected chi connectivity index (χ1v) is 8.00. The SMILES string of the molecule is O=C(NCCc1ccc(S(=O)(=O)F)cc1)C1CCC[NH2+]1. The summed E-state index contributed by atoms with van der Waals surface area (Å²) in [4.78, 5) is 11.4. The Morgan fingerprint density at radius 1 is 1.35 bits per heavy atom. The Kier molecular flexibility index (Phi) is 4.72. The van der Waals surface area contributed by atoms with Crippen molar-refractivity contribution < 1.29 is 22.4 Å². The van der Waals surface area contributed by atoms with E-state index in [4.69, 9.17) is 0 Å². The fraction of sp³-hybridized carbons (Fsp3) is 0.462. The molecule has 2 rings (SSSR count). The zero-order chi connectivity index (χ0) is 14.6. The summed E-state index contributed by atoms with van der Waals surface area (Å²) in [6.07, 6.45) is 2.57. The topological polar surface area (TPSA) is 79.8 Å². The van der Waals surface area contributed by atoms with E-state index >= 15 is 0 Å². The van der Waals surface area contributed by atoms with Crippen LogP contribution in [0.15, 0.2) is 29.2 Å². The molecule has 1 heterocycles. The van der Waals surface area contributed by atoms with Gasteiger partial charge in [0.05, 0.1) is 11.4 Å². The van der Waals surface area contributed by atoms with Crippen LogP contribution in [0.4, 0.5) is 3.89 Å². The number of nitrogens with one attached hydrogen (secondary N) is 1. The van der Waals surface area contributed by atoms with Crippen LogP contribution in [-0.2, 0) is 21.4 Å². The van der Waals surface area contributed by atoms with Crippen LogP contribution in [0.25, 0.3) is 0 Å². The summed E-state index contributed by atoms with van der Waals surface area (Å²) in [5, 5.41) is 4.89. The summed E-state index contributed by atoms with van der Waals surface area (Å²) < 4.78 is 34.0. The number of nitrogens with two attached hydrogens (primary N) is 1. The maximum atomic E-state index is 12.7. The third-order valence-electron chi connectivity index (χ3n) is 3.43. The van der Waals surface area contributed by atoms with E-state index in [2.05, 4.69) is 5.32 Å². The predicted octanol–water partition coefficient (Wildman–Crippen LogP) is -0.271. The maximum Gasteiger partial charge on any atom is 0.332 e. The molecule has 0 spiro atoms. The highest BCUT2D eigenvalue weighted by atomic mass is 32.3. The highest BCUT2D eigenvalue weighted by Crippen LogP contribution is 2.13. The van der Waals surface area contributed by atoms with Crippen LogP contribution in [0.1, 0.15) is 18.4 Å². The lowest BCUT2D eigenvalue weighted by Gasteiger charge is -2.08. The van der Waals surface area contributed by atoms with Gasteiger partial charge in [0.1, 0.15) is 0 Å². The van der Waals surface area contributed by atoms with E-state index in [-0.39, 0.29) is 16.8 Å². The Labute approximate surface area is 117 Å². The van der Waals surface area contributed by atoms with Gasteiger partial charge in [-0.15, -0.1) is 3.89 Å². The minimum absolute atomic E-state index is 0.0223. The molecular weight excluding hydrogens is 283 g/mol. The average molecular weight is 301 g/mol. The second kappa shape index (κ2) is 6.32. The van der Waals surface area contributed by atoms with E-state index < -0.39 is 10.2 Å². The van der Waals surface area contributed by atoms with Crippen molar-refractivity contribution in [2.45, 2.75) is 30.2 Å². The Bertz CT molecular complexity index is 566. The van der Waals surface area contributed by atoms with Crippen molar-refractivity contribution in [3.8, 4) is 0 Å². The molecule has 1 aromatic rings. The molecule has 5 nitrogen and oxygen atoms in total. The average Bonchev–Trinajstić information content (AvgIpc) is 2.92. The molecule has 0 aliphatic carbocycles. The number of halogens is 1. The van der Waals surface area contributed by atoms with Gasteiger partial charge in [0.25, 0.3) is 5.91 Å². The van der Waals surface area contributed by atoms with Crippen molar-refractivity contribution in [2.75, 3.05) is 13.1 Å². The van der Waals surface area contributed by atoms with E-state index in [9.17, 15) is 17.1 Å². The molecule has 0 bridgehead atoms. The van der Waals surface area contributed by atoms with E-state index in [0.29, 0.717) is 13.0 Å². The summed E-state index contributed by atoms with van der Waals surface area (Å²) in [6.45, 7) is 1.49. The van der Waals surface area contributed by atoms with E-state index in [1.54, 1.807) is 12.1 Å². The molecule has 1 atom stereocenters. The second-order valence-corrected chi connectivity index (χ2v) is 6.24. The van der Waals surface area contributed by atoms with Crippen molar-refractivity contribution in [2.24, 2.45) is 0 Å². The zero-order valence-corrected chi connectivity index (χ0v) is 11.8. The zero-order valence-electron chi connectivity index (χ0n) is 11.0. The van der Waals surface area contributed by atoms with Gasteiger partial charge in [-0.1, -0.05) is 12.1 Å². The summed E-state index contributed by atoms with van der Waals surface area (Å²) in [5.74, 6) is 0.0467. The fourth-order valence-electron chi connectivity index (χ4n) is 2.29. The van der Waals surface area contributed by atoms with Crippen molar-refractivity contribution in [1.29, 1.82) is 0 Å². The number of quaternary nitrogens is 1. The van der Waals surface area contributed by atoms with Gasteiger partial charge >= 0.3 is 10.2 Å². The van der Waals surface area contributed by atoms with E-state index in [1.165, 1.54) is 12.1 Å². The normalized spacial score (nSPS) is 18.9. The first-order valence-electron chi connectivity index (χ1n) is 6.61. The van der Waals surface area contributed by atoms with Gasteiger partial charge in [-0.3, -0.25) is 4.79 Å². The molecular formula is C13H18FN2O3S+. The van der Waals surface area contributed by atoms with E-state index in [1.807, 2.05) is 5.32 Å². The molecule has 1 unspecified atom stereocenters. The van der Waals surface area contributed by atoms with Gasteiger partial charge < -0.3 is 10.6 Å². The van der Waals surface area contributed by atoms with Crippen LogP contribution in [0, 0.1) is 0 Å². The molecule has 7 heteroatoms. The third-order valence-corrected chi connectivity index (χ3v) is 4.26. The number of hydrogen-bond donors (Lipinski definition) is 2. The molecule has 1 saturated heterocycles.